The lowest BCUT2D eigenvalue weighted by Crippen LogP contribution is -2.64. The summed E-state index contributed by atoms with van der Waals surface area (Å²) < 4.78 is 13.0. The summed E-state index contributed by atoms with van der Waals surface area (Å²) in [4.78, 5) is 36.6. The van der Waals surface area contributed by atoms with Crippen molar-refractivity contribution in [1.29, 1.82) is 0 Å². The summed E-state index contributed by atoms with van der Waals surface area (Å²) in [7, 11) is 0. The molecule has 0 bridgehead atoms. The largest absolute Gasteiger partial charge is 0.369 e. The molecule has 0 saturated carbocycles. The number of halogens is 1. The van der Waals surface area contributed by atoms with Crippen LogP contribution in [0, 0.1) is 5.82 Å². The van der Waals surface area contributed by atoms with Gasteiger partial charge in [-0.15, -0.1) is 0 Å². The van der Waals surface area contributed by atoms with E-state index in [-0.39, 0.29) is 17.4 Å². The fourth-order valence-corrected chi connectivity index (χ4v) is 3.50. The van der Waals surface area contributed by atoms with Gasteiger partial charge in [-0.1, -0.05) is 0 Å². The van der Waals surface area contributed by atoms with Crippen molar-refractivity contribution in [2.45, 2.75) is 6.04 Å². The van der Waals surface area contributed by atoms with Gasteiger partial charge in [-0.05, 0) is 24.3 Å². The molecule has 0 atom stereocenters. The molecule has 1 aromatic heterocycles. The van der Waals surface area contributed by atoms with Crippen LogP contribution in [0.2, 0.25) is 0 Å². The molecule has 0 aliphatic carbocycles. The number of anilines is 1. The van der Waals surface area contributed by atoms with Crippen LogP contribution >= 0.6 is 0 Å². The van der Waals surface area contributed by atoms with Gasteiger partial charge in [-0.25, -0.2) is 9.37 Å². The zero-order valence-electron chi connectivity index (χ0n) is 14.3. The molecule has 8 heteroatoms. The summed E-state index contributed by atoms with van der Waals surface area (Å²) in [6.07, 6.45) is 2.83. The smallest absolute Gasteiger partial charge is 0.279 e. The van der Waals surface area contributed by atoms with E-state index in [1.54, 1.807) is 17.0 Å². The molecule has 4 rings (SSSR count). The van der Waals surface area contributed by atoms with Gasteiger partial charge in [-0.3, -0.25) is 14.5 Å². The Balaban J connectivity index is 1.29. The lowest BCUT2D eigenvalue weighted by molar-refractivity contribution is 0.0240. The molecule has 2 saturated heterocycles. The summed E-state index contributed by atoms with van der Waals surface area (Å²) in [5, 5.41) is 0. The Morgan fingerprint density at radius 2 is 1.81 bits per heavy atom. The highest BCUT2D eigenvalue weighted by Crippen LogP contribution is 2.21. The van der Waals surface area contributed by atoms with Crippen molar-refractivity contribution in [3.05, 3.63) is 58.5 Å². The number of aromatic nitrogens is 2. The fraction of sp³-hybridized carbons (Fsp3) is 0.389. The molecule has 136 valence electrons. The van der Waals surface area contributed by atoms with Crippen molar-refractivity contribution < 1.29 is 9.18 Å². The van der Waals surface area contributed by atoms with Crippen molar-refractivity contribution in [2.24, 2.45) is 0 Å². The highest BCUT2D eigenvalue weighted by atomic mass is 19.1. The number of nitrogens with one attached hydrogen (secondary N) is 1. The van der Waals surface area contributed by atoms with Crippen LogP contribution in [0.25, 0.3) is 0 Å². The molecule has 1 aromatic carbocycles. The molecule has 0 radical (unpaired) electrons. The highest BCUT2D eigenvalue weighted by molar-refractivity contribution is 5.92. The number of nitrogens with zero attached hydrogens (tertiary/aromatic N) is 4. The maximum absolute atomic E-state index is 13.0. The third-order valence-electron chi connectivity index (χ3n) is 5.08. The average molecular weight is 357 g/mol. The Labute approximate surface area is 150 Å². The first-order chi connectivity index (χ1) is 12.6. The number of aromatic amines is 1. The summed E-state index contributed by atoms with van der Waals surface area (Å²) in [6.45, 7) is 4.77. The van der Waals surface area contributed by atoms with Gasteiger partial charge in [0.15, 0.2) is 5.69 Å². The van der Waals surface area contributed by atoms with E-state index in [0.717, 1.165) is 31.9 Å². The van der Waals surface area contributed by atoms with Crippen LogP contribution in [0.1, 0.15) is 10.5 Å². The summed E-state index contributed by atoms with van der Waals surface area (Å²) in [5.74, 6) is -0.536. The van der Waals surface area contributed by atoms with Crippen LogP contribution in [-0.4, -0.2) is 71.0 Å². The molecule has 3 heterocycles. The standard InChI is InChI=1S/C18H20FN5O2/c19-13-1-3-14(4-2-13)22-7-9-23(10-8-22)15-11-24(12-15)18(26)16-17(25)21-6-5-20-16/h1-6,15H,7-12H2,(H,21,25). The van der Waals surface area contributed by atoms with Crippen molar-refractivity contribution >= 4 is 11.6 Å². The van der Waals surface area contributed by atoms with Crippen LogP contribution in [0.5, 0.6) is 0 Å². The number of carbonyl (C=O) groups excluding carboxylic acids is 1. The minimum absolute atomic E-state index is 0.0490. The molecule has 7 nitrogen and oxygen atoms in total. The van der Waals surface area contributed by atoms with Crippen LogP contribution < -0.4 is 10.5 Å². The second kappa shape index (κ2) is 6.87. The molecule has 2 fully saturated rings. The zero-order valence-corrected chi connectivity index (χ0v) is 14.3. The molecule has 0 spiro atoms. The van der Waals surface area contributed by atoms with Gasteiger partial charge < -0.3 is 14.8 Å². The molecule has 1 amide bonds. The lowest BCUT2D eigenvalue weighted by Gasteiger charge is -2.48. The van der Waals surface area contributed by atoms with Crippen LogP contribution in [0.4, 0.5) is 10.1 Å². The second-order valence-electron chi connectivity index (χ2n) is 6.63. The number of benzene rings is 1. The maximum atomic E-state index is 13.0. The van der Waals surface area contributed by atoms with Crippen molar-refractivity contribution in [2.75, 3.05) is 44.2 Å². The minimum atomic E-state index is -0.450. The van der Waals surface area contributed by atoms with E-state index < -0.39 is 5.56 Å². The lowest BCUT2D eigenvalue weighted by atomic mass is 10.1. The number of amides is 1. The first kappa shape index (κ1) is 16.7. The van der Waals surface area contributed by atoms with Gasteiger partial charge in [-0.2, -0.15) is 0 Å². The Morgan fingerprint density at radius 1 is 1.12 bits per heavy atom. The van der Waals surface area contributed by atoms with E-state index in [4.69, 9.17) is 0 Å². The molecule has 0 unspecified atom stereocenters. The summed E-state index contributed by atoms with van der Waals surface area (Å²) >= 11 is 0. The Bertz CT molecular complexity index is 839. The number of carbonyl (C=O) groups is 1. The Morgan fingerprint density at radius 3 is 2.46 bits per heavy atom. The van der Waals surface area contributed by atoms with E-state index in [2.05, 4.69) is 19.8 Å². The first-order valence-electron chi connectivity index (χ1n) is 8.69. The van der Waals surface area contributed by atoms with E-state index in [1.807, 2.05) is 0 Å². The SMILES string of the molecule is O=C(c1ncc[nH]c1=O)N1CC(N2CCN(c3ccc(F)cc3)CC2)C1. The molecule has 1 N–H and O–H groups in total. The molecule has 26 heavy (non-hydrogen) atoms. The van der Waals surface area contributed by atoms with Gasteiger partial charge >= 0.3 is 0 Å². The third kappa shape index (κ3) is 3.20. The van der Waals surface area contributed by atoms with Gasteiger partial charge in [0, 0.05) is 63.4 Å². The van der Waals surface area contributed by atoms with Crippen LogP contribution in [-0.2, 0) is 0 Å². The minimum Gasteiger partial charge on any atom is -0.369 e. The van der Waals surface area contributed by atoms with E-state index >= 15 is 0 Å². The maximum Gasteiger partial charge on any atom is 0.279 e. The van der Waals surface area contributed by atoms with E-state index in [0.29, 0.717) is 19.1 Å². The summed E-state index contributed by atoms with van der Waals surface area (Å²) in [5.41, 5.74) is 0.534. The Kier molecular flexibility index (Phi) is 4.42. The zero-order chi connectivity index (χ0) is 18.1. The molecular weight excluding hydrogens is 337 g/mol. The van der Waals surface area contributed by atoms with Gasteiger partial charge in [0.1, 0.15) is 5.82 Å². The van der Waals surface area contributed by atoms with Gasteiger partial charge in [0.05, 0.1) is 0 Å². The first-order valence-corrected chi connectivity index (χ1v) is 8.69. The highest BCUT2D eigenvalue weighted by Gasteiger charge is 2.37. The van der Waals surface area contributed by atoms with E-state index in [9.17, 15) is 14.0 Å². The van der Waals surface area contributed by atoms with Gasteiger partial charge in [0.2, 0.25) is 0 Å². The number of likely N-dealkylation sites (tertiary alicyclic amines) is 1. The van der Waals surface area contributed by atoms with Crippen molar-refractivity contribution in [3.8, 4) is 0 Å². The number of piperazine rings is 1. The monoisotopic (exact) mass is 357 g/mol. The molecular formula is C18H20FN5O2. The van der Waals surface area contributed by atoms with E-state index in [1.165, 1.54) is 24.5 Å². The number of rotatable bonds is 3. The number of hydrogen-bond acceptors (Lipinski definition) is 5. The molecule has 2 aromatic rings. The Hall–Kier alpha value is -2.74. The topological polar surface area (TPSA) is 72.5 Å². The third-order valence-corrected chi connectivity index (χ3v) is 5.08. The molecule has 2 aliphatic heterocycles. The molecule has 2 aliphatic rings. The van der Waals surface area contributed by atoms with Crippen molar-refractivity contribution in [1.82, 2.24) is 19.8 Å². The fourth-order valence-electron chi connectivity index (χ4n) is 3.50. The van der Waals surface area contributed by atoms with Crippen LogP contribution in [0.15, 0.2) is 41.5 Å². The quantitative estimate of drug-likeness (QED) is 0.869. The predicted molar refractivity (Wildman–Crippen MR) is 94.7 cm³/mol. The van der Waals surface area contributed by atoms with Crippen molar-refractivity contribution in [3.63, 3.8) is 0 Å². The normalized spacial score (nSPS) is 18.7. The average Bonchev–Trinajstić information content (AvgIpc) is 2.62. The second-order valence-corrected chi connectivity index (χ2v) is 6.63. The predicted octanol–water partition coefficient (Wildman–Crippen LogP) is 0.556. The van der Waals surface area contributed by atoms with Crippen LogP contribution in [0.3, 0.4) is 0 Å². The van der Waals surface area contributed by atoms with Gasteiger partial charge in [0.25, 0.3) is 11.5 Å². The summed E-state index contributed by atoms with van der Waals surface area (Å²) in [6, 6.07) is 6.89. The number of H-pyrrole nitrogens is 1. The number of hydrogen-bond donors (Lipinski definition) is 1.